The van der Waals surface area contributed by atoms with Crippen LogP contribution in [0.25, 0.3) is 16.9 Å². The Balaban J connectivity index is 1.31. The largest absolute Gasteiger partial charge is 0.507 e. The van der Waals surface area contributed by atoms with Gasteiger partial charge in [0.25, 0.3) is 0 Å². The summed E-state index contributed by atoms with van der Waals surface area (Å²) in [5, 5.41) is 23.1. The summed E-state index contributed by atoms with van der Waals surface area (Å²) >= 11 is 0. The molecule has 9 heteroatoms. The first-order valence-electron chi connectivity index (χ1n) is 10.4. The molecule has 2 aromatic heterocycles. The molecule has 1 saturated heterocycles. The fourth-order valence-corrected chi connectivity index (χ4v) is 4.57. The molecule has 0 saturated carbocycles. The van der Waals surface area contributed by atoms with E-state index in [2.05, 4.69) is 15.3 Å². The number of hydrogen-bond acceptors (Lipinski definition) is 6. The topological polar surface area (TPSA) is 76.3 Å². The van der Waals surface area contributed by atoms with Crippen LogP contribution in [-0.4, -0.2) is 54.7 Å². The van der Waals surface area contributed by atoms with E-state index in [1.807, 2.05) is 25.3 Å². The average Bonchev–Trinajstić information content (AvgIpc) is 3.24. The normalized spacial score (nSPS) is 25.4. The predicted octanol–water partition coefficient (Wildman–Crippen LogP) is 4.11. The van der Waals surface area contributed by atoms with Gasteiger partial charge in [0, 0.05) is 36.7 Å². The third kappa shape index (κ3) is 3.24. The first-order chi connectivity index (χ1) is 15.3. The van der Waals surface area contributed by atoms with Gasteiger partial charge < -0.3 is 9.84 Å². The summed E-state index contributed by atoms with van der Waals surface area (Å²) in [6.07, 6.45) is 2.09. The van der Waals surface area contributed by atoms with Crippen molar-refractivity contribution < 1.29 is 18.6 Å². The van der Waals surface area contributed by atoms with Crippen LogP contribution in [0.15, 0.2) is 54.2 Å². The first-order valence-corrected chi connectivity index (χ1v) is 10.4. The molecule has 4 heterocycles. The molecule has 3 unspecified atom stereocenters. The minimum Gasteiger partial charge on any atom is -0.507 e. The van der Waals surface area contributed by atoms with Crippen molar-refractivity contribution in [1.82, 2.24) is 24.9 Å². The third-order valence-electron chi connectivity index (χ3n) is 6.50. The van der Waals surface area contributed by atoms with Crippen molar-refractivity contribution in [3.63, 3.8) is 0 Å². The van der Waals surface area contributed by atoms with Crippen LogP contribution in [0.1, 0.15) is 25.5 Å². The van der Waals surface area contributed by atoms with Crippen LogP contribution in [0.3, 0.4) is 0 Å². The molecule has 1 aromatic carbocycles. The predicted molar refractivity (Wildman–Crippen MR) is 114 cm³/mol. The molecule has 2 aliphatic rings. The van der Waals surface area contributed by atoms with E-state index in [1.54, 1.807) is 47.8 Å². The Kier molecular flexibility index (Phi) is 4.74. The Labute approximate surface area is 184 Å². The maximum absolute atomic E-state index is 14.4. The molecular formula is C23H23F2N5O2. The fourth-order valence-electron chi connectivity index (χ4n) is 4.57. The molecule has 3 atom stereocenters. The number of benzene rings is 1. The molecule has 7 nitrogen and oxygen atoms in total. The third-order valence-corrected chi connectivity index (χ3v) is 6.50. The van der Waals surface area contributed by atoms with Gasteiger partial charge in [-0.2, -0.15) is 5.10 Å². The number of ether oxygens (including phenoxy) is 1. The number of aromatic hydroxyl groups is 1. The van der Waals surface area contributed by atoms with E-state index in [1.165, 1.54) is 0 Å². The first kappa shape index (κ1) is 20.6. The van der Waals surface area contributed by atoms with Gasteiger partial charge in [-0.15, -0.1) is 10.2 Å². The molecule has 2 aliphatic heterocycles. The van der Waals surface area contributed by atoms with Gasteiger partial charge in [0.2, 0.25) is 5.88 Å². The highest BCUT2D eigenvalue weighted by Gasteiger charge is 2.54. The Morgan fingerprint density at radius 3 is 2.59 bits per heavy atom. The van der Waals surface area contributed by atoms with Gasteiger partial charge in [-0.25, -0.2) is 13.5 Å². The van der Waals surface area contributed by atoms with Crippen LogP contribution < -0.4 is 4.74 Å². The van der Waals surface area contributed by atoms with Crippen molar-refractivity contribution in [2.24, 2.45) is 0 Å². The monoisotopic (exact) mass is 439 g/mol. The summed E-state index contributed by atoms with van der Waals surface area (Å²) in [4.78, 5) is 1.73. The second kappa shape index (κ2) is 7.37. The lowest BCUT2D eigenvalue weighted by Gasteiger charge is -2.42. The van der Waals surface area contributed by atoms with Crippen molar-refractivity contribution in [1.29, 1.82) is 0 Å². The number of aryl methyl sites for hydroxylation is 1. The molecule has 0 spiro atoms. The van der Waals surface area contributed by atoms with E-state index in [4.69, 9.17) is 4.74 Å². The molecule has 1 fully saturated rings. The van der Waals surface area contributed by atoms with E-state index >= 15 is 0 Å². The molecule has 0 radical (unpaired) electrons. The van der Waals surface area contributed by atoms with Crippen molar-refractivity contribution in [2.45, 2.75) is 44.4 Å². The lowest BCUT2D eigenvalue weighted by atomic mass is 9.88. The standard InChI is InChI=1S/C23H23F2N5O2/c1-13-8-9-30(28-13)14-4-5-16(19(31)10-14)17-6-7-20(27-26-17)32-15-11-18-21(24)22(25)23(2,12-15)29(18)3/h4-10,15,18,31H,11-12H2,1-3H3. The Morgan fingerprint density at radius 2 is 1.97 bits per heavy atom. The lowest BCUT2D eigenvalue weighted by molar-refractivity contribution is 0.0122. The molecule has 2 bridgehead atoms. The van der Waals surface area contributed by atoms with E-state index < -0.39 is 23.2 Å². The number of phenols is 1. The number of halogens is 2. The average molecular weight is 439 g/mol. The molecule has 166 valence electrons. The van der Waals surface area contributed by atoms with E-state index in [0.29, 0.717) is 24.1 Å². The van der Waals surface area contributed by atoms with Crippen molar-refractivity contribution in [3.05, 3.63) is 59.9 Å². The van der Waals surface area contributed by atoms with Crippen LogP contribution in [0.2, 0.25) is 0 Å². The molecule has 32 heavy (non-hydrogen) atoms. The zero-order valence-corrected chi connectivity index (χ0v) is 18.0. The Hall–Kier alpha value is -3.33. The SMILES string of the molecule is Cc1ccn(-c2ccc(-c3ccc(OC4CC5C(F)=C(F)C(C)(C4)N5C)nn3)c(O)c2)n1. The molecule has 0 amide bonds. The Morgan fingerprint density at radius 1 is 1.16 bits per heavy atom. The molecule has 1 N–H and O–H groups in total. The number of piperidine rings is 1. The maximum atomic E-state index is 14.4. The van der Waals surface area contributed by atoms with Gasteiger partial charge >= 0.3 is 0 Å². The number of aromatic nitrogens is 4. The zero-order chi connectivity index (χ0) is 22.6. The van der Waals surface area contributed by atoms with E-state index in [0.717, 1.165) is 11.4 Å². The number of phenolic OH excluding ortho intramolecular Hbond substituents is 1. The molecule has 3 aromatic rings. The van der Waals surface area contributed by atoms with Gasteiger partial charge in [0.1, 0.15) is 11.9 Å². The minimum atomic E-state index is -1.01. The fraction of sp³-hybridized carbons (Fsp3) is 0.348. The highest BCUT2D eigenvalue weighted by molar-refractivity contribution is 5.68. The summed E-state index contributed by atoms with van der Waals surface area (Å²) in [7, 11) is 1.73. The molecular weight excluding hydrogens is 416 g/mol. The number of hydrogen-bond donors (Lipinski definition) is 1. The van der Waals surface area contributed by atoms with Crippen molar-refractivity contribution >= 4 is 0 Å². The van der Waals surface area contributed by atoms with Crippen molar-refractivity contribution in [2.75, 3.05) is 7.05 Å². The van der Waals surface area contributed by atoms with Gasteiger partial charge in [0.15, 0.2) is 11.7 Å². The smallest absolute Gasteiger partial charge is 0.233 e. The maximum Gasteiger partial charge on any atom is 0.233 e. The van der Waals surface area contributed by atoms with Gasteiger partial charge in [-0.3, -0.25) is 4.90 Å². The summed E-state index contributed by atoms with van der Waals surface area (Å²) in [5.74, 6) is -1.08. The van der Waals surface area contributed by atoms with E-state index in [-0.39, 0.29) is 17.7 Å². The van der Waals surface area contributed by atoms with E-state index in [9.17, 15) is 13.9 Å². The highest BCUT2D eigenvalue weighted by atomic mass is 19.2. The van der Waals surface area contributed by atoms with Crippen LogP contribution in [0.5, 0.6) is 11.6 Å². The van der Waals surface area contributed by atoms with Gasteiger partial charge in [-0.05, 0) is 45.2 Å². The number of rotatable bonds is 4. The van der Waals surface area contributed by atoms with Crippen LogP contribution in [-0.2, 0) is 0 Å². The zero-order valence-electron chi connectivity index (χ0n) is 18.0. The lowest BCUT2D eigenvalue weighted by Crippen LogP contribution is -2.53. The number of fused-ring (bicyclic) bond motifs is 2. The van der Waals surface area contributed by atoms with Crippen LogP contribution in [0.4, 0.5) is 8.78 Å². The summed E-state index contributed by atoms with van der Waals surface area (Å²) < 4.78 is 36.2. The quantitative estimate of drug-likeness (QED) is 0.660. The summed E-state index contributed by atoms with van der Waals surface area (Å²) in [6.45, 7) is 3.58. The van der Waals surface area contributed by atoms with Gasteiger partial charge in [-0.1, -0.05) is 0 Å². The molecule has 5 rings (SSSR count). The summed E-state index contributed by atoms with van der Waals surface area (Å²) in [5.41, 5.74) is 1.60. The Bertz CT molecular complexity index is 1210. The second-order valence-electron chi connectivity index (χ2n) is 8.60. The summed E-state index contributed by atoms with van der Waals surface area (Å²) in [6, 6.07) is 9.79. The van der Waals surface area contributed by atoms with Crippen LogP contribution in [0, 0.1) is 6.92 Å². The van der Waals surface area contributed by atoms with Crippen molar-refractivity contribution in [3.8, 4) is 28.6 Å². The molecule has 0 aliphatic carbocycles. The minimum absolute atomic E-state index is 0.0514. The number of likely N-dealkylation sites (N-methyl/N-ethyl adjacent to an activating group) is 1. The number of nitrogens with zero attached hydrogens (tertiary/aromatic N) is 5. The van der Waals surface area contributed by atoms with Gasteiger partial charge in [0.05, 0.1) is 28.7 Å². The second-order valence-corrected chi connectivity index (χ2v) is 8.60. The highest BCUT2D eigenvalue weighted by Crippen LogP contribution is 2.48. The van der Waals surface area contributed by atoms with Crippen LogP contribution >= 0.6 is 0 Å².